The lowest BCUT2D eigenvalue weighted by Crippen LogP contribution is -2.10. The van der Waals surface area contributed by atoms with Crippen molar-refractivity contribution in [3.8, 4) is 5.75 Å². The van der Waals surface area contributed by atoms with Crippen LogP contribution in [0.5, 0.6) is 5.75 Å². The zero-order valence-corrected chi connectivity index (χ0v) is 14.8. The first kappa shape index (κ1) is 18.0. The van der Waals surface area contributed by atoms with Gasteiger partial charge in [-0.1, -0.05) is 32.1 Å². The quantitative estimate of drug-likeness (QED) is 0.591. The fraction of sp³-hybridized carbons (Fsp3) is 0.474. The second kappa shape index (κ2) is 7.07. The standard InChI is InChI=1S/C19H24O5/c1-12(17(20)23-5)9-15-16(19(15,2)3)18(21)24-11-13-7-6-8-14(10-13)22-4/h6-10,15-16H,11H2,1-5H3/t15-,16-/m0/s1. The molecule has 0 heterocycles. The number of esters is 2. The van der Waals surface area contributed by atoms with Crippen molar-refractivity contribution in [2.75, 3.05) is 14.2 Å². The van der Waals surface area contributed by atoms with Gasteiger partial charge in [-0.25, -0.2) is 4.79 Å². The largest absolute Gasteiger partial charge is 0.497 e. The van der Waals surface area contributed by atoms with Crippen molar-refractivity contribution in [1.82, 2.24) is 0 Å². The average molecular weight is 332 g/mol. The monoisotopic (exact) mass is 332 g/mol. The molecule has 0 amide bonds. The van der Waals surface area contributed by atoms with E-state index in [4.69, 9.17) is 14.2 Å². The lowest BCUT2D eigenvalue weighted by atomic mass is 10.1. The minimum absolute atomic E-state index is 0.0191. The third kappa shape index (κ3) is 3.78. The summed E-state index contributed by atoms with van der Waals surface area (Å²) in [7, 11) is 2.94. The fourth-order valence-corrected chi connectivity index (χ4v) is 2.94. The molecule has 0 radical (unpaired) electrons. The van der Waals surface area contributed by atoms with Crippen molar-refractivity contribution in [2.24, 2.45) is 17.3 Å². The van der Waals surface area contributed by atoms with Crippen LogP contribution < -0.4 is 4.74 Å². The van der Waals surface area contributed by atoms with Crippen molar-refractivity contribution in [3.63, 3.8) is 0 Å². The first-order chi connectivity index (χ1) is 11.3. The van der Waals surface area contributed by atoms with Gasteiger partial charge in [-0.15, -0.1) is 0 Å². The van der Waals surface area contributed by atoms with E-state index in [1.165, 1.54) is 7.11 Å². The van der Waals surface area contributed by atoms with Crippen molar-refractivity contribution in [3.05, 3.63) is 41.5 Å². The highest BCUT2D eigenvalue weighted by molar-refractivity contribution is 5.88. The molecule has 2 atom stereocenters. The number of carbonyl (C=O) groups is 2. The molecule has 0 spiro atoms. The van der Waals surface area contributed by atoms with Crippen LogP contribution in [0.1, 0.15) is 26.3 Å². The van der Waals surface area contributed by atoms with E-state index >= 15 is 0 Å². The van der Waals surface area contributed by atoms with Crippen molar-refractivity contribution < 1.29 is 23.8 Å². The number of allylic oxidation sites excluding steroid dienone is 1. The second-order valence-electron chi connectivity index (χ2n) is 6.63. The minimum atomic E-state index is -0.374. The van der Waals surface area contributed by atoms with Gasteiger partial charge in [0.25, 0.3) is 0 Å². The number of ether oxygens (including phenoxy) is 3. The van der Waals surface area contributed by atoms with E-state index in [0.29, 0.717) is 5.57 Å². The molecular weight excluding hydrogens is 308 g/mol. The number of methoxy groups -OCH3 is 2. The summed E-state index contributed by atoms with van der Waals surface area (Å²) in [5, 5.41) is 0. The highest BCUT2D eigenvalue weighted by Crippen LogP contribution is 2.59. The van der Waals surface area contributed by atoms with Gasteiger partial charge in [0.2, 0.25) is 0 Å². The van der Waals surface area contributed by atoms with Crippen LogP contribution in [0.3, 0.4) is 0 Å². The minimum Gasteiger partial charge on any atom is -0.497 e. The Morgan fingerprint density at radius 3 is 2.58 bits per heavy atom. The van der Waals surface area contributed by atoms with Gasteiger partial charge in [0.1, 0.15) is 12.4 Å². The number of hydrogen-bond acceptors (Lipinski definition) is 5. The predicted molar refractivity (Wildman–Crippen MR) is 89.3 cm³/mol. The third-order valence-corrected chi connectivity index (χ3v) is 4.62. The first-order valence-electron chi connectivity index (χ1n) is 7.87. The molecule has 0 aromatic heterocycles. The molecule has 0 N–H and O–H groups in total. The highest BCUT2D eigenvalue weighted by Gasteiger charge is 2.61. The van der Waals surface area contributed by atoms with Crippen LogP contribution in [-0.2, 0) is 25.7 Å². The number of carbonyl (C=O) groups excluding carboxylic acids is 2. The molecule has 0 bridgehead atoms. The van der Waals surface area contributed by atoms with Gasteiger partial charge in [0.05, 0.1) is 20.1 Å². The number of hydrogen-bond donors (Lipinski definition) is 0. The van der Waals surface area contributed by atoms with Gasteiger partial charge in [-0.05, 0) is 36.0 Å². The average Bonchev–Trinajstić information content (AvgIpc) is 3.12. The summed E-state index contributed by atoms with van der Waals surface area (Å²) in [5.74, 6) is -0.162. The Balaban J connectivity index is 1.98. The van der Waals surface area contributed by atoms with Crippen molar-refractivity contribution in [2.45, 2.75) is 27.4 Å². The molecule has 130 valence electrons. The van der Waals surface area contributed by atoms with Gasteiger partial charge in [0.15, 0.2) is 0 Å². The van der Waals surface area contributed by atoms with E-state index in [2.05, 4.69) is 0 Å². The Labute approximate surface area is 142 Å². The SMILES string of the molecule is COC(=O)C(C)=C[C@H]1[C@@H](C(=O)OCc2cccc(OC)c2)C1(C)C. The van der Waals surface area contributed by atoms with E-state index in [1.807, 2.05) is 44.2 Å². The molecule has 1 aliphatic carbocycles. The first-order valence-corrected chi connectivity index (χ1v) is 7.87. The zero-order chi connectivity index (χ0) is 17.9. The maximum atomic E-state index is 12.4. The Morgan fingerprint density at radius 2 is 1.96 bits per heavy atom. The maximum absolute atomic E-state index is 12.4. The van der Waals surface area contributed by atoms with Gasteiger partial charge in [-0.2, -0.15) is 0 Å². The molecule has 24 heavy (non-hydrogen) atoms. The van der Waals surface area contributed by atoms with Gasteiger partial charge >= 0.3 is 11.9 Å². The summed E-state index contributed by atoms with van der Waals surface area (Å²) in [5.41, 5.74) is 1.17. The topological polar surface area (TPSA) is 61.8 Å². The molecule has 1 aromatic rings. The van der Waals surface area contributed by atoms with Crippen LogP contribution in [0.2, 0.25) is 0 Å². The molecule has 1 aliphatic rings. The Bertz CT molecular complexity index is 659. The molecule has 1 aromatic carbocycles. The molecule has 5 heteroatoms. The normalized spacial score (nSPS) is 21.8. The van der Waals surface area contributed by atoms with E-state index < -0.39 is 0 Å². The Kier molecular flexibility index (Phi) is 5.32. The predicted octanol–water partition coefficient (Wildman–Crippen LogP) is 3.13. The van der Waals surface area contributed by atoms with Crippen LogP contribution in [-0.4, -0.2) is 26.2 Å². The lowest BCUT2D eigenvalue weighted by molar-refractivity contribution is -0.147. The molecule has 0 saturated heterocycles. The molecule has 0 unspecified atom stereocenters. The Hall–Kier alpha value is -2.30. The summed E-state index contributed by atoms with van der Waals surface area (Å²) in [6, 6.07) is 7.41. The summed E-state index contributed by atoms with van der Waals surface area (Å²) >= 11 is 0. The summed E-state index contributed by atoms with van der Waals surface area (Å²) in [6.45, 7) is 5.89. The molecule has 0 aliphatic heterocycles. The van der Waals surface area contributed by atoms with Gasteiger partial charge in [0, 0.05) is 5.57 Å². The Morgan fingerprint density at radius 1 is 1.25 bits per heavy atom. The molecular formula is C19H24O5. The van der Waals surface area contributed by atoms with E-state index in [0.717, 1.165) is 11.3 Å². The summed E-state index contributed by atoms with van der Waals surface area (Å²) in [6.07, 6.45) is 1.81. The van der Waals surface area contributed by atoms with Crippen LogP contribution in [0.15, 0.2) is 35.9 Å². The molecule has 5 nitrogen and oxygen atoms in total. The van der Waals surface area contributed by atoms with Crippen molar-refractivity contribution >= 4 is 11.9 Å². The van der Waals surface area contributed by atoms with Crippen molar-refractivity contribution in [1.29, 1.82) is 0 Å². The number of rotatable bonds is 6. The summed E-state index contributed by atoms with van der Waals surface area (Å²) < 4.78 is 15.3. The zero-order valence-electron chi connectivity index (χ0n) is 14.8. The molecule has 1 fully saturated rings. The maximum Gasteiger partial charge on any atom is 0.333 e. The lowest BCUT2D eigenvalue weighted by Gasteiger charge is -2.07. The third-order valence-electron chi connectivity index (χ3n) is 4.62. The fourth-order valence-electron chi connectivity index (χ4n) is 2.94. The van der Waals surface area contributed by atoms with Gasteiger partial charge < -0.3 is 14.2 Å². The van der Waals surface area contributed by atoms with Gasteiger partial charge in [-0.3, -0.25) is 4.79 Å². The number of benzene rings is 1. The highest BCUT2D eigenvalue weighted by atomic mass is 16.5. The summed E-state index contributed by atoms with van der Waals surface area (Å²) in [4.78, 5) is 23.9. The molecule has 2 rings (SSSR count). The van der Waals surface area contributed by atoms with Crippen LogP contribution in [0.25, 0.3) is 0 Å². The van der Waals surface area contributed by atoms with E-state index in [1.54, 1.807) is 14.0 Å². The van der Waals surface area contributed by atoms with Crippen LogP contribution >= 0.6 is 0 Å². The van der Waals surface area contributed by atoms with Crippen LogP contribution in [0.4, 0.5) is 0 Å². The van der Waals surface area contributed by atoms with Crippen LogP contribution in [0, 0.1) is 17.3 Å². The van der Waals surface area contributed by atoms with E-state index in [9.17, 15) is 9.59 Å². The molecule has 1 saturated carbocycles. The smallest absolute Gasteiger partial charge is 0.333 e. The van der Waals surface area contributed by atoms with E-state index in [-0.39, 0.29) is 35.8 Å². The second-order valence-corrected chi connectivity index (χ2v) is 6.63.